The van der Waals surface area contributed by atoms with Crippen molar-refractivity contribution in [2.75, 3.05) is 13.1 Å². The monoisotopic (exact) mass is 328 g/mol. The van der Waals surface area contributed by atoms with E-state index >= 15 is 0 Å². The minimum absolute atomic E-state index is 0.646. The highest BCUT2D eigenvalue weighted by Crippen LogP contribution is 2.30. The van der Waals surface area contributed by atoms with Crippen molar-refractivity contribution in [2.45, 2.75) is 37.9 Å². The van der Waals surface area contributed by atoms with Crippen LogP contribution in [0.1, 0.15) is 24.8 Å². The molecule has 0 spiro atoms. The maximum atomic E-state index is 5.95. The summed E-state index contributed by atoms with van der Waals surface area (Å²) in [5, 5.41) is 4.44. The van der Waals surface area contributed by atoms with Crippen LogP contribution in [0, 0.1) is 0 Å². The lowest BCUT2D eigenvalue weighted by Crippen LogP contribution is -2.32. The van der Waals surface area contributed by atoms with Gasteiger partial charge in [0.25, 0.3) is 0 Å². The number of rotatable bonds is 4. The Bertz CT molecular complexity index is 434. The summed E-state index contributed by atoms with van der Waals surface area (Å²) in [6.45, 7) is 3.40. The fraction of sp³-hybridized carbons (Fsp3) is 0.571. The molecule has 1 atom stereocenters. The maximum absolute atomic E-state index is 5.95. The molecular weight excluding hydrogens is 312 g/mol. The van der Waals surface area contributed by atoms with E-state index in [4.69, 9.17) is 11.6 Å². The highest BCUT2D eigenvalue weighted by Gasteiger charge is 2.34. The number of hydrogen-bond acceptors (Lipinski definition) is 2. The zero-order valence-electron chi connectivity index (χ0n) is 10.3. The Morgan fingerprint density at radius 1 is 1.33 bits per heavy atom. The molecule has 1 aromatic carbocycles. The molecular formula is C14H18BrClN2. The van der Waals surface area contributed by atoms with Gasteiger partial charge in [-0.2, -0.15) is 0 Å². The highest BCUT2D eigenvalue weighted by atomic mass is 79.9. The third-order valence-corrected chi connectivity index (χ3v) is 4.85. The van der Waals surface area contributed by atoms with Crippen LogP contribution in [-0.2, 0) is 6.54 Å². The van der Waals surface area contributed by atoms with Crippen LogP contribution in [0.25, 0.3) is 0 Å². The van der Waals surface area contributed by atoms with Crippen molar-refractivity contribution in [2.24, 2.45) is 0 Å². The van der Waals surface area contributed by atoms with Crippen LogP contribution in [0.5, 0.6) is 0 Å². The molecule has 2 nitrogen and oxygen atoms in total. The molecule has 2 aliphatic rings. The summed E-state index contributed by atoms with van der Waals surface area (Å²) in [6, 6.07) is 7.55. The van der Waals surface area contributed by atoms with Crippen LogP contribution >= 0.6 is 27.5 Å². The smallest absolute Gasteiger partial charge is 0.0417 e. The van der Waals surface area contributed by atoms with Gasteiger partial charge in [-0.1, -0.05) is 33.6 Å². The van der Waals surface area contributed by atoms with Crippen LogP contribution in [0.2, 0.25) is 5.02 Å². The summed E-state index contributed by atoms with van der Waals surface area (Å²) in [4.78, 5) is 2.63. The van der Waals surface area contributed by atoms with Gasteiger partial charge >= 0.3 is 0 Å². The first-order valence-electron chi connectivity index (χ1n) is 6.64. The second kappa shape index (κ2) is 5.49. The maximum Gasteiger partial charge on any atom is 0.0417 e. The lowest BCUT2D eigenvalue weighted by atomic mass is 10.2. The minimum atomic E-state index is 0.646. The molecule has 0 bridgehead atoms. The Hall–Kier alpha value is -0.0900. The standard InChI is InChI=1S/C14H18BrClN2/c15-14-7-11(16)2-1-10(14)8-17-12-5-6-18(9-12)13-3-4-13/h1-2,7,12-13,17H,3-6,8-9H2. The Kier molecular flexibility index (Phi) is 3.94. The Morgan fingerprint density at radius 3 is 2.89 bits per heavy atom. The molecule has 4 heteroatoms. The van der Waals surface area contributed by atoms with Gasteiger partial charge in [0.1, 0.15) is 0 Å². The zero-order valence-corrected chi connectivity index (χ0v) is 12.7. The Balaban J connectivity index is 1.51. The van der Waals surface area contributed by atoms with Gasteiger partial charge in [0.15, 0.2) is 0 Å². The molecule has 1 aliphatic carbocycles. The number of benzene rings is 1. The van der Waals surface area contributed by atoms with Gasteiger partial charge in [0.05, 0.1) is 0 Å². The van der Waals surface area contributed by atoms with Gasteiger partial charge in [-0.15, -0.1) is 0 Å². The van der Waals surface area contributed by atoms with E-state index in [9.17, 15) is 0 Å². The molecule has 0 radical (unpaired) electrons. The van der Waals surface area contributed by atoms with E-state index in [1.54, 1.807) is 0 Å². The molecule has 2 fully saturated rings. The average Bonchev–Trinajstić information content (AvgIpc) is 3.08. The van der Waals surface area contributed by atoms with Crippen molar-refractivity contribution in [3.05, 3.63) is 33.3 Å². The van der Waals surface area contributed by atoms with Crippen molar-refractivity contribution < 1.29 is 0 Å². The number of nitrogens with zero attached hydrogens (tertiary/aromatic N) is 1. The predicted octanol–water partition coefficient (Wildman–Crippen LogP) is 3.43. The lowest BCUT2D eigenvalue weighted by molar-refractivity contribution is 0.317. The van der Waals surface area contributed by atoms with Gasteiger partial charge in [-0.25, -0.2) is 0 Å². The van der Waals surface area contributed by atoms with Crippen LogP contribution in [0.3, 0.4) is 0 Å². The lowest BCUT2D eigenvalue weighted by Gasteiger charge is -2.16. The second-order valence-corrected chi connectivity index (χ2v) is 6.62. The van der Waals surface area contributed by atoms with Crippen LogP contribution < -0.4 is 5.32 Å². The topological polar surface area (TPSA) is 15.3 Å². The van der Waals surface area contributed by atoms with Crippen molar-refractivity contribution in [3.8, 4) is 0 Å². The summed E-state index contributed by atoms with van der Waals surface area (Å²) in [7, 11) is 0. The summed E-state index contributed by atoms with van der Waals surface area (Å²) in [6.07, 6.45) is 4.10. The molecule has 1 N–H and O–H groups in total. The first-order chi connectivity index (χ1) is 8.72. The van der Waals surface area contributed by atoms with Crippen molar-refractivity contribution in [3.63, 3.8) is 0 Å². The van der Waals surface area contributed by atoms with Gasteiger partial charge in [0, 0.05) is 41.2 Å². The highest BCUT2D eigenvalue weighted by molar-refractivity contribution is 9.10. The molecule has 1 aromatic rings. The van der Waals surface area contributed by atoms with Crippen molar-refractivity contribution in [1.29, 1.82) is 0 Å². The van der Waals surface area contributed by atoms with Gasteiger partial charge in [-0.05, 0) is 37.0 Å². The van der Waals surface area contributed by atoms with E-state index in [-0.39, 0.29) is 0 Å². The molecule has 0 amide bonds. The fourth-order valence-electron chi connectivity index (χ4n) is 2.64. The number of hydrogen-bond donors (Lipinski definition) is 1. The predicted molar refractivity (Wildman–Crippen MR) is 79.0 cm³/mol. The van der Waals surface area contributed by atoms with E-state index in [0.29, 0.717) is 6.04 Å². The van der Waals surface area contributed by atoms with Crippen molar-refractivity contribution >= 4 is 27.5 Å². The third-order valence-electron chi connectivity index (χ3n) is 3.88. The van der Waals surface area contributed by atoms with Crippen LogP contribution in [0.4, 0.5) is 0 Å². The minimum Gasteiger partial charge on any atom is -0.309 e. The molecule has 1 heterocycles. The van der Waals surface area contributed by atoms with Crippen LogP contribution in [-0.4, -0.2) is 30.1 Å². The van der Waals surface area contributed by atoms with Gasteiger partial charge < -0.3 is 5.32 Å². The summed E-state index contributed by atoms with van der Waals surface area (Å²) in [5.41, 5.74) is 1.28. The Morgan fingerprint density at radius 2 is 2.17 bits per heavy atom. The molecule has 0 aromatic heterocycles. The first kappa shape index (κ1) is 12.9. The second-order valence-electron chi connectivity index (χ2n) is 5.33. The van der Waals surface area contributed by atoms with Crippen LogP contribution in [0.15, 0.2) is 22.7 Å². The average molecular weight is 330 g/mol. The van der Waals surface area contributed by atoms with E-state index in [0.717, 1.165) is 22.1 Å². The number of nitrogens with one attached hydrogen (secondary N) is 1. The molecule has 18 heavy (non-hydrogen) atoms. The third kappa shape index (κ3) is 3.08. The molecule has 1 unspecified atom stereocenters. The largest absolute Gasteiger partial charge is 0.309 e. The first-order valence-corrected chi connectivity index (χ1v) is 7.81. The molecule has 98 valence electrons. The van der Waals surface area contributed by atoms with E-state index in [2.05, 4.69) is 32.2 Å². The summed E-state index contributed by atoms with van der Waals surface area (Å²) in [5.74, 6) is 0. The molecule has 1 saturated heterocycles. The number of halogens is 2. The van der Waals surface area contributed by atoms with Gasteiger partial charge in [0.2, 0.25) is 0 Å². The Labute approximate surface area is 122 Å². The summed E-state index contributed by atoms with van der Waals surface area (Å²) >= 11 is 9.51. The quantitative estimate of drug-likeness (QED) is 0.910. The molecule has 1 saturated carbocycles. The van der Waals surface area contributed by atoms with Gasteiger partial charge in [-0.3, -0.25) is 4.90 Å². The molecule has 3 rings (SSSR count). The van der Waals surface area contributed by atoms with E-state index < -0.39 is 0 Å². The zero-order chi connectivity index (χ0) is 12.5. The SMILES string of the molecule is Clc1ccc(CNC2CCN(C3CC3)C2)c(Br)c1. The van der Waals surface area contributed by atoms with Crippen molar-refractivity contribution in [1.82, 2.24) is 10.2 Å². The normalized spacial score (nSPS) is 24.7. The summed E-state index contributed by atoms with van der Waals surface area (Å²) < 4.78 is 1.10. The van der Waals surface area contributed by atoms with E-state index in [1.807, 2.05) is 12.1 Å². The number of likely N-dealkylation sites (tertiary alicyclic amines) is 1. The fourth-order valence-corrected chi connectivity index (χ4v) is 3.47. The molecule has 1 aliphatic heterocycles. The van der Waals surface area contributed by atoms with E-state index in [1.165, 1.54) is 37.9 Å².